The van der Waals surface area contributed by atoms with Gasteiger partial charge < -0.3 is 9.80 Å². The fourth-order valence-electron chi connectivity index (χ4n) is 4.05. The normalized spacial score (nSPS) is 17.0. The number of rotatable bonds is 4. The lowest BCUT2D eigenvalue weighted by Crippen LogP contribution is -2.54. The zero-order valence-electron chi connectivity index (χ0n) is 19.6. The molecule has 0 spiro atoms. The number of piperazine rings is 1. The Labute approximate surface area is 195 Å². The van der Waals surface area contributed by atoms with E-state index in [0.717, 1.165) is 36.0 Å². The van der Waals surface area contributed by atoms with Gasteiger partial charge in [0.1, 0.15) is 5.82 Å². The molecular weight excluding hydrogens is 416 g/mol. The average Bonchev–Trinajstić information content (AvgIpc) is 3.23. The minimum absolute atomic E-state index is 0.0839. The third kappa shape index (κ3) is 5.01. The van der Waals surface area contributed by atoms with Gasteiger partial charge in [-0.2, -0.15) is 4.37 Å². The number of carbonyl (C=O) groups excluding carboxylic acids is 1. The summed E-state index contributed by atoms with van der Waals surface area (Å²) >= 11 is 1.45. The van der Waals surface area contributed by atoms with E-state index >= 15 is 0 Å². The van der Waals surface area contributed by atoms with Crippen molar-refractivity contribution in [2.24, 2.45) is 0 Å². The summed E-state index contributed by atoms with van der Waals surface area (Å²) in [5, 5.41) is 0.945. The molecule has 1 aliphatic rings. The Balaban J connectivity index is 1.38. The van der Waals surface area contributed by atoms with E-state index in [4.69, 9.17) is 4.98 Å². The predicted octanol–water partition coefficient (Wildman–Crippen LogP) is 5.09. The lowest BCUT2D eigenvalue weighted by Gasteiger charge is -2.39. The predicted molar refractivity (Wildman–Crippen MR) is 132 cm³/mol. The van der Waals surface area contributed by atoms with Gasteiger partial charge in [-0.05, 0) is 42.5 Å². The van der Waals surface area contributed by atoms with Crippen LogP contribution >= 0.6 is 11.5 Å². The van der Waals surface area contributed by atoms with Gasteiger partial charge in [0.2, 0.25) is 5.13 Å². The summed E-state index contributed by atoms with van der Waals surface area (Å²) in [5.41, 5.74) is 4.56. The van der Waals surface area contributed by atoms with E-state index in [-0.39, 0.29) is 17.4 Å². The summed E-state index contributed by atoms with van der Waals surface area (Å²) in [6.07, 6.45) is 0.745. The van der Waals surface area contributed by atoms with Crippen LogP contribution in [0.1, 0.15) is 60.6 Å². The van der Waals surface area contributed by atoms with Crippen LogP contribution in [0.25, 0.3) is 0 Å². The molecule has 1 fully saturated rings. The Kier molecular flexibility index (Phi) is 6.33. The second-order valence-electron chi connectivity index (χ2n) is 9.78. The highest BCUT2D eigenvalue weighted by Crippen LogP contribution is 2.25. The molecule has 0 bridgehead atoms. The van der Waals surface area contributed by atoms with Crippen LogP contribution in [0.3, 0.4) is 0 Å². The van der Waals surface area contributed by atoms with Crippen molar-refractivity contribution in [2.75, 3.05) is 24.5 Å². The van der Waals surface area contributed by atoms with Gasteiger partial charge in [0.25, 0.3) is 5.91 Å². The largest absolute Gasteiger partial charge is 0.343 e. The Hall–Kier alpha value is -2.73. The second kappa shape index (κ2) is 9.02. The minimum Gasteiger partial charge on any atom is -0.343 e. The molecule has 0 aliphatic carbocycles. The molecule has 2 heterocycles. The monoisotopic (exact) mass is 448 g/mol. The van der Waals surface area contributed by atoms with Crippen LogP contribution in [0.2, 0.25) is 0 Å². The van der Waals surface area contributed by atoms with Gasteiger partial charge in [-0.25, -0.2) is 4.98 Å². The van der Waals surface area contributed by atoms with Gasteiger partial charge in [0.15, 0.2) is 0 Å². The van der Waals surface area contributed by atoms with Gasteiger partial charge in [-0.3, -0.25) is 4.79 Å². The number of benzene rings is 2. The lowest BCUT2D eigenvalue weighted by molar-refractivity contribution is 0.0674. The molecule has 1 aromatic heterocycles. The maximum atomic E-state index is 13.1. The summed E-state index contributed by atoms with van der Waals surface area (Å²) < 4.78 is 4.57. The molecule has 3 aromatic rings. The van der Waals surface area contributed by atoms with Gasteiger partial charge in [0, 0.05) is 49.2 Å². The molecule has 1 saturated heterocycles. The average molecular weight is 449 g/mol. The third-order valence-corrected chi connectivity index (χ3v) is 6.91. The highest BCUT2D eigenvalue weighted by molar-refractivity contribution is 7.09. The van der Waals surface area contributed by atoms with Crippen LogP contribution in [0.15, 0.2) is 48.5 Å². The highest BCUT2D eigenvalue weighted by atomic mass is 32.1. The molecule has 1 atom stereocenters. The van der Waals surface area contributed by atoms with Crippen LogP contribution in [-0.2, 0) is 11.8 Å². The van der Waals surface area contributed by atoms with Crippen LogP contribution < -0.4 is 4.90 Å². The lowest BCUT2D eigenvalue weighted by atomic mass is 9.86. The van der Waals surface area contributed by atoms with Crippen molar-refractivity contribution < 1.29 is 4.79 Å². The number of aromatic nitrogens is 2. The third-order valence-electron chi connectivity index (χ3n) is 6.10. The van der Waals surface area contributed by atoms with E-state index < -0.39 is 0 Å². The van der Waals surface area contributed by atoms with Gasteiger partial charge in [-0.15, -0.1) is 0 Å². The molecule has 4 rings (SSSR count). The topological polar surface area (TPSA) is 49.3 Å². The fourth-order valence-corrected chi connectivity index (χ4v) is 4.77. The van der Waals surface area contributed by atoms with Crippen LogP contribution in [0.4, 0.5) is 5.13 Å². The number of hydrogen-bond acceptors (Lipinski definition) is 5. The van der Waals surface area contributed by atoms with Gasteiger partial charge >= 0.3 is 0 Å². The summed E-state index contributed by atoms with van der Waals surface area (Å²) in [4.78, 5) is 22.1. The molecule has 0 N–H and O–H groups in total. The van der Waals surface area contributed by atoms with E-state index in [9.17, 15) is 4.79 Å². The summed E-state index contributed by atoms with van der Waals surface area (Å²) in [7, 11) is 0. The summed E-state index contributed by atoms with van der Waals surface area (Å²) in [6.45, 7) is 13.0. The first-order valence-corrected chi connectivity index (χ1v) is 12.0. The summed E-state index contributed by atoms with van der Waals surface area (Å²) in [5.74, 6) is 0.967. The zero-order chi connectivity index (χ0) is 22.9. The van der Waals surface area contributed by atoms with Crippen molar-refractivity contribution in [3.63, 3.8) is 0 Å². The maximum Gasteiger partial charge on any atom is 0.254 e. The van der Waals surface area contributed by atoms with E-state index in [2.05, 4.69) is 80.3 Å². The Bertz CT molecular complexity index is 1070. The van der Waals surface area contributed by atoms with E-state index in [1.165, 1.54) is 28.2 Å². The van der Waals surface area contributed by atoms with E-state index in [1.807, 2.05) is 17.0 Å². The van der Waals surface area contributed by atoms with E-state index in [0.29, 0.717) is 6.54 Å². The zero-order valence-corrected chi connectivity index (χ0v) is 20.4. The SMILES string of the molecule is Cc1ccc(Cc2nsc(N3CCN(C(=O)c4ccc(C(C)(C)C)cc4)C(C)C3)n2)cc1. The molecular formula is C26H32N4OS. The standard InChI is InChI=1S/C26H32N4OS/c1-18-6-8-20(9-7-18)16-23-27-25(32-28-23)29-14-15-30(19(2)17-29)24(31)21-10-12-22(13-11-21)26(3,4)5/h6-13,19H,14-17H2,1-5H3. The molecule has 1 unspecified atom stereocenters. The van der Waals surface area contributed by atoms with Crippen molar-refractivity contribution in [1.82, 2.24) is 14.3 Å². The number of carbonyl (C=O) groups is 1. The molecule has 32 heavy (non-hydrogen) atoms. The van der Waals surface area contributed by atoms with Crippen molar-refractivity contribution in [2.45, 2.75) is 52.5 Å². The van der Waals surface area contributed by atoms with Crippen molar-refractivity contribution in [3.8, 4) is 0 Å². The number of aryl methyl sites for hydroxylation is 1. The second-order valence-corrected chi connectivity index (χ2v) is 10.5. The maximum absolute atomic E-state index is 13.1. The fraction of sp³-hybridized carbons (Fsp3) is 0.423. The number of nitrogens with zero attached hydrogens (tertiary/aromatic N) is 4. The number of hydrogen-bond donors (Lipinski definition) is 0. The molecule has 6 heteroatoms. The smallest absolute Gasteiger partial charge is 0.254 e. The molecule has 1 aliphatic heterocycles. The van der Waals surface area contributed by atoms with Crippen LogP contribution in [0, 0.1) is 6.92 Å². The van der Waals surface area contributed by atoms with Crippen molar-refractivity contribution in [3.05, 3.63) is 76.6 Å². The minimum atomic E-state index is 0.0839. The Morgan fingerprint density at radius 2 is 1.75 bits per heavy atom. The number of amides is 1. The van der Waals surface area contributed by atoms with Crippen LogP contribution in [-0.4, -0.2) is 45.8 Å². The first kappa shape index (κ1) is 22.5. The van der Waals surface area contributed by atoms with Gasteiger partial charge in [-0.1, -0.05) is 62.7 Å². The van der Waals surface area contributed by atoms with Gasteiger partial charge in [0.05, 0.1) is 0 Å². The summed E-state index contributed by atoms with van der Waals surface area (Å²) in [6, 6.07) is 16.7. The first-order valence-electron chi connectivity index (χ1n) is 11.3. The van der Waals surface area contributed by atoms with E-state index in [1.54, 1.807) is 0 Å². The van der Waals surface area contributed by atoms with Crippen molar-refractivity contribution in [1.29, 1.82) is 0 Å². The Morgan fingerprint density at radius 1 is 1.06 bits per heavy atom. The number of anilines is 1. The molecule has 2 aromatic carbocycles. The first-order chi connectivity index (χ1) is 15.2. The molecule has 5 nitrogen and oxygen atoms in total. The molecule has 1 amide bonds. The molecule has 0 saturated carbocycles. The molecule has 168 valence electrons. The van der Waals surface area contributed by atoms with Crippen LogP contribution in [0.5, 0.6) is 0 Å². The van der Waals surface area contributed by atoms with Crippen molar-refractivity contribution >= 4 is 22.6 Å². The Morgan fingerprint density at radius 3 is 2.38 bits per heavy atom. The quantitative estimate of drug-likeness (QED) is 0.558. The highest BCUT2D eigenvalue weighted by Gasteiger charge is 2.29. The molecule has 0 radical (unpaired) electrons.